The van der Waals surface area contributed by atoms with E-state index in [4.69, 9.17) is 9.47 Å². The average Bonchev–Trinajstić information content (AvgIpc) is 2.69. The lowest BCUT2D eigenvalue weighted by Crippen LogP contribution is -2.52. The molecule has 1 amide bonds. The standard InChI is InChI=1S/C21H26N2O3/c1-16(17(2)23-12-14-25-15-13-23)22-21(24)18-8-10-20(11-9-18)26-19-6-4-3-5-7-19/h3-11,16-17H,12-15H2,1-2H3,(H,22,24)/t16-,17+/m1/s1. The Morgan fingerprint density at radius 3 is 2.27 bits per heavy atom. The summed E-state index contributed by atoms with van der Waals surface area (Å²) in [6.07, 6.45) is 0. The van der Waals surface area contributed by atoms with Gasteiger partial charge in [-0.05, 0) is 50.2 Å². The number of nitrogens with zero attached hydrogens (tertiary/aromatic N) is 1. The summed E-state index contributed by atoms with van der Waals surface area (Å²) in [4.78, 5) is 14.9. The fourth-order valence-electron chi connectivity index (χ4n) is 3.01. The van der Waals surface area contributed by atoms with Gasteiger partial charge in [0.2, 0.25) is 0 Å². The van der Waals surface area contributed by atoms with Crippen molar-refractivity contribution < 1.29 is 14.3 Å². The highest BCUT2D eigenvalue weighted by atomic mass is 16.5. The van der Waals surface area contributed by atoms with Crippen molar-refractivity contribution in [2.45, 2.75) is 25.9 Å². The SMILES string of the molecule is C[C@@H](NC(=O)c1ccc(Oc2ccccc2)cc1)[C@H](C)N1CCOCC1. The van der Waals surface area contributed by atoms with Crippen LogP contribution in [0.25, 0.3) is 0 Å². The van der Waals surface area contributed by atoms with Crippen molar-refractivity contribution in [3.05, 3.63) is 60.2 Å². The second kappa shape index (κ2) is 8.83. The lowest BCUT2D eigenvalue weighted by atomic mass is 10.1. The van der Waals surface area contributed by atoms with Gasteiger partial charge in [0.15, 0.2) is 0 Å². The summed E-state index contributed by atoms with van der Waals surface area (Å²) in [7, 11) is 0. The van der Waals surface area contributed by atoms with Gasteiger partial charge in [-0.2, -0.15) is 0 Å². The van der Waals surface area contributed by atoms with E-state index in [1.165, 1.54) is 0 Å². The predicted octanol–water partition coefficient (Wildman–Crippen LogP) is 3.32. The van der Waals surface area contributed by atoms with E-state index in [2.05, 4.69) is 17.1 Å². The maximum atomic E-state index is 12.5. The van der Waals surface area contributed by atoms with Crippen LogP contribution in [0.3, 0.4) is 0 Å². The normalized spacial score (nSPS) is 17.3. The van der Waals surface area contributed by atoms with Gasteiger partial charge < -0.3 is 14.8 Å². The summed E-state index contributed by atoms with van der Waals surface area (Å²) in [6.45, 7) is 7.53. The van der Waals surface area contributed by atoms with Gasteiger partial charge in [-0.3, -0.25) is 9.69 Å². The van der Waals surface area contributed by atoms with E-state index in [0.29, 0.717) is 11.3 Å². The van der Waals surface area contributed by atoms with E-state index in [1.54, 1.807) is 12.1 Å². The highest BCUT2D eigenvalue weighted by Gasteiger charge is 2.23. The molecule has 0 saturated carbocycles. The third-order valence-corrected chi connectivity index (χ3v) is 4.80. The van der Waals surface area contributed by atoms with Crippen LogP contribution in [0.1, 0.15) is 24.2 Å². The minimum Gasteiger partial charge on any atom is -0.457 e. The molecule has 2 aromatic carbocycles. The van der Waals surface area contributed by atoms with Crippen LogP contribution in [0.5, 0.6) is 11.5 Å². The Labute approximate surface area is 154 Å². The number of carbonyl (C=O) groups is 1. The topological polar surface area (TPSA) is 50.8 Å². The van der Waals surface area contributed by atoms with Crippen LogP contribution < -0.4 is 10.1 Å². The molecule has 0 spiro atoms. The quantitative estimate of drug-likeness (QED) is 0.865. The molecule has 2 aromatic rings. The van der Waals surface area contributed by atoms with Crippen LogP contribution in [-0.2, 0) is 4.74 Å². The highest BCUT2D eigenvalue weighted by Crippen LogP contribution is 2.21. The van der Waals surface area contributed by atoms with E-state index in [0.717, 1.165) is 32.1 Å². The Balaban J connectivity index is 1.55. The number of ether oxygens (including phenoxy) is 2. The van der Waals surface area contributed by atoms with Crippen molar-refractivity contribution in [1.29, 1.82) is 0 Å². The molecule has 3 rings (SSSR count). The molecular weight excluding hydrogens is 328 g/mol. The van der Waals surface area contributed by atoms with E-state index >= 15 is 0 Å². The molecule has 0 bridgehead atoms. The summed E-state index contributed by atoms with van der Waals surface area (Å²) >= 11 is 0. The number of amides is 1. The zero-order valence-corrected chi connectivity index (χ0v) is 15.4. The van der Waals surface area contributed by atoms with Crippen molar-refractivity contribution in [2.24, 2.45) is 0 Å². The lowest BCUT2D eigenvalue weighted by Gasteiger charge is -2.35. The van der Waals surface area contributed by atoms with Crippen LogP contribution in [0, 0.1) is 0 Å². The maximum absolute atomic E-state index is 12.5. The van der Waals surface area contributed by atoms with Gasteiger partial charge in [-0.1, -0.05) is 18.2 Å². The van der Waals surface area contributed by atoms with Crippen molar-refractivity contribution in [3.8, 4) is 11.5 Å². The minimum atomic E-state index is -0.0659. The van der Waals surface area contributed by atoms with Gasteiger partial charge in [0, 0.05) is 30.7 Å². The first-order chi connectivity index (χ1) is 12.6. The number of nitrogens with one attached hydrogen (secondary N) is 1. The van der Waals surface area contributed by atoms with Gasteiger partial charge in [0.1, 0.15) is 11.5 Å². The van der Waals surface area contributed by atoms with E-state index in [-0.39, 0.29) is 18.0 Å². The zero-order chi connectivity index (χ0) is 18.4. The molecule has 138 valence electrons. The van der Waals surface area contributed by atoms with Crippen LogP contribution in [0.15, 0.2) is 54.6 Å². The first-order valence-corrected chi connectivity index (χ1v) is 9.09. The summed E-state index contributed by atoms with van der Waals surface area (Å²) in [6, 6.07) is 17.1. The molecule has 0 unspecified atom stereocenters. The molecule has 0 aromatic heterocycles. The fourth-order valence-corrected chi connectivity index (χ4v) is 3.01. The van der Waals surface area contributed by atoms with E-state index in [1.807, 2.05) is 49.4 Å². The number of benzene rings is 2. The highest BCUT2D eigenvalue weighted by molar-refractivity contribution is 5.94. The maximum Gasteiger partial charge on any atom is 0.251 e. The largest absolute Gasteiger partial charge is 0.457 e. The zero-order valence-electron chi connectivity index (χ0n) is 15.4. The van der Waals surface area contributed by atoms with Crippen LogP contribution in [0.2, 0.25) is 0 Å². The smallest absolute Gasteiger partial charge is 0.251 e. The molecule has 1 heterocycles. The predicted molar refractivity (Wildman–Crippen MR) is 102 cm³/mol. The Morgan fingerprint density at radius 1 is 1.00 bits per heavy atom. The first kappa shape index (κ1) is 18.4. The Hall–Kier alpha value is -2.37. The molecule has 1 N–H and O–H groups in total. The van der Waals surface area contributed by atoms with E-state index in [9.17, 15) is 4.79 Å². The third-order valence-electron chi connectivity index (χ3n) is 4.80. The average molecular weight is 354 g/mol. The number of para-hydroxylation sites is 1. The second-order valence-corrected chi connectivity index (χ2v) is 6.59. The second-order valence-electron chi connectivity index (χ2n) is 6.59. The van der Waals surface area contributed by atoms with Gasteiger partial charge in [-0.25, -0.2) is 0 Å². The van der Waals surface area contributed by atoms with Crippen LogP contribution >= 0.6 is 0 Å². The first-order valence-electron chi connectivity index (χ1n) is 9.09. The molecule has 0 aliphatic carbocycles. The number of hydrogen-bond acceptors (Lipinski definition) is 4. The Kier molecular flexibility index (Phi) is 6.26. The molecule has 1 aliphatic rings. The molecule has 0 radical (unpaired) electrons. The molecule has 1 saturated heterocycles. The third kappa shape index (κ3) is 4.84. The Bertz CT molecular complexity index is 697. The summed E-state index contributed by atoms with van der Waals surface area (Å²) in [5.41, 5.74) is 0.631. The number of carbonyl (C=O) groups excluding carboxylic acids is 1. The van der Waals surface area contributed by atoms with Crippen LogP contribution in [0.4, 0.5) is 0 Å². The molecule has 5 nitrogen and oxygen atoms in total. The van der Waals surface area contributed by atoms with E-state index < -0.39 is 0 Å². The van der Waals surface area contributed by atoms with Crippen molar-refractivity contribution in [2.75, 3.05) is 26.3 Å². The molecular formula is C21H26N2O3. The van der Waals surface area contributed by atoms with Crippen molar-refractivity contribution in [3.63, 3.8) is 0 Å². The molecule has 2 atom stereocenters. The monoisotopic (exact) mass is 354 g/mol. The summed E-state index contributed by atoms with van der Waals surface area (Å²) in [5, 5.41) is 3.10. The van der Waals surface area contributed by atoms with Crippen molar-refractivity contribution >= 4 is 5.91 Å². The number of morpholine rings is 1. The van der Waals surface area contributed by atoms with Gasteiger partial charge >= 0.3 is 0 Å². The van der Waals surface area contributed by atoms with Crippen LogP contribution in [-0.4, -0.2) is 49.2 Å². The number of hydrogen-bond donors (Lipinski definition) is 1. The molecule has 1 fully saturated rings. The van der Waals surface area contributed by atoms with Crippen molar-refractivity contribution in [1.82, 2.24) is 10.2 Å². The lowest BCUT2D eigenvalue weighted by molar-refractivity contribution is 0.0137. The van der Waals surface area contributed by atoms with Gasteiger partial charge in [0.05, 0.1) is 13.2 Å². The Morgan fingerprint density at radius 2 is 1.62 bits per heavy atom. The van der Waals surface area contributed by atoms with Gasteiger partial charge in [0.25, 0.3) is 5.91 Å². The molecule has 5 heteroatoms. The fraction of sp³-hybridized carbons (Fsp3) is 0.381. The summed E-state index contributed by atoms with van der Waals surface area (Å²) in [5.74, 6) is 1.42. The molecule has 26 heavy (non-hydrogen) atoms. The number of rotatable bonds is 6. The van der Waals surface area contributed by atoms with Gasteiger partial charge in [-0.15, -0.1) is 0 Å². The summed E-state index contributed by atoms with van der Waals surface area (Å²) < 4.78 is 11.2. The minimum absolute atomic E-state index is 0.0563. The molecule has 1 aliphatic heterocycles.